The third-order valence-electron chi connectivity index (χ3n) is 2.75. The van der Waals surface area contributed by atoms with E-state index in [1.165, 1.54) is 27.8 Å². The first-order valence-electron chi connectivity index (χ1n) is 5.97. The molecule has 17 heavy (non-hydrogen) atoms. The summed E-state index contributed by atoms with van der Waals surface area (Å²) in [5.41, 5.74) is 6.44. The smallest absolute Gasteiger partial charge is 0.0184 e. The molecule has 2 aromatic rings. The Balaban J connectivity index is 2.29. The van der Waals surface area contributed by atoms with Crippen LogP contribution >= 0.6 is 0 Å². The molecule has 0 amide bonds. The van der Waals surface area contributed by atoms with E-state index in [1.54, 1.807) is 0 Å². The van der Waals surface area contributed by atoms with Gasteiger partial charge in [0, 0.05) is 0 Å². The van der Waals surface area contributed by atoms with Gasteiger partial charge in [0.25, 0.3) is 0 Å². The van der Waals surface area contributed by atoms with Gasteiger partial charge in [0.05, 0.1) is 0 Å². The van der Waals surface area contributed by atoms with E-state index in [4.69, 9.17) is 0 Å². The first-order chi connectivity index (χ1) is 8.15. The van der Waals surface area contributed by atoms with E-state index in [2.05, 4.69) is 75.4 Å². The predicted molar refractivity (Wildman–Crippen MR) is 75.9 cm³/mol. The molecule has 0 fully saturated rings. The number of allylic oxidation sites excluding steroid dienone is 1. The van der Waals surface area contributed by atoms with Crippen LogP contribution in [-0.4, -0.2) is 0 Å². The molecule has 0 atom stereocenters. The second kappa shape index (κ2) is 5.01. The fourth-order valence-corrected chi connectivity index (χ4v) is 1.85. The highest BCUT2D eigenvalue weighted by atomic mass is 14.0. The zero-order valence-electron chi connectivity index (χ0n) is 10.7. The Morgan fingerprint density at radius 2 is 1.24 bits per heavy atom. The van der Waals surface area contributed by atoms with E-state index in [0.717, 1.165) is 0 Å². The standard InChI is InChI=1S/C17H18/c1-13(2)12-15-6-10-17(11-7-15)16-8-4-14(3)5-9-16/h4-12H,1-3H3. The number of hydrogen-bond donors (Lipinski definition) is 0. The molecule has 0 aromatic heterocycles. The molecule has 86 valence electrons. The minimum absolute atomic E-state index is 1.26. The van der Waals surface area contributed by atoms with Crippen molar-refractivity contribution in [2.24, 2.45) is 0 Å². The van der Waals surface area contributed by atoms with E-state index in [9.17, 15) is 0 Å². The van der Waals surface area contributed by atoms with Crippen molar-refractivity contribution in [1.82, 2.24) is 0 Å². The van der Waals surface area contributed by atoms with Crippen LogP contribution in [0.1, 0.15) is 25.0 Å². The topological polar surface area (TPSA) is 0 Å². The van der Waals surface area contributed by atoms with Crippen molar-refractivity contribution in [2.45, 2.75) is 20.8 Å². The average Bonchev–Trinajstić information content (AvgIpc) is 2.30. The summed E-state index contributed by atoms with van der Waals surface area (Å²) in [6.45, 7) is 6.35. The fraction of sp³-hybridized carbons (Fsp3) is 0.176. The first kappa shape index (κ1) is 11.7. The largest absolute Gasteiger partial charge is 0.0758 e. The summed E-state index contributed by atoms with van der Waals surface area (Å²) in [6, 6.07) is 17.3. The van der Waals surface area contributed by atoms with E-state index < -0.39 is 0 Å². The molecule has 0 heteroatoms. The molecule has 0 spiro atoms. The molecule has 0 saturated carbocycles. The van der Waals surface area contributed by atoms with Crippen LogP contribution in [0.2, 0.25) is 0 Å². The highest BCUT2D eigenvalue weighted by Gasteiger charge is 1.96. The Morgan fingerprint density at radius 1 is 0.765 bits per heavy atom. The van der Waals surface area contributed by atoms with E-state index in [-0.39, 0.29) is 0 Å². The maximum atomic E-state index is 2.19. The normalized spacial score (nSPS) is 10.1. The van der Waals surface area contributed by atoms with Gasteiger partial charge in [0.1, 0.15) is 0 Å². The van der Waals surface area contributed by atoms with Crippen molar-refractivity contribution in [1.29, 1.82) is 0 Å². The van der Waals surface area contributed by atoms with Gasteiger partial charge in [-0.2, -0.15) is 0 Å². The van der Waals surface area contributed by atoms with Gasteiger partial charge in [-0.15, -0.1) is 0 Å². The maximum absolute atomic E-state index is 2.19. The van der Waals surface area contributed by atoms with Crippen LogP contribution in [0.5, 0.6) is 0 Å². The van der Waals surface area contributed by atoms with E-state index >= 15 is 0 Å². The molecule has 0 bridgehead atoms. The monoisotopic (exact) mass is 222 g/mol. The number of hydrogen-bond acceptors (Lipinski definition) is 0. The van der Waals surface area contributed by atoms with Crippen molar-refractivity contribution < 1.29 is 0 Å². The summed E-state index contributed by atoms with van der Waals surface area (Å²) >= 11 is 0. The summed E-state index contributed by atoms with van der Waals surface area (Å²) in [5.74, 6) is 0. The molecule has 0 heterocycles. The molecule has 0 N–H and O–H groups in total. The zero-order chi connectivity index (χ0) is 12.3. The zero-order valence-corrected chi connectivity index (χ0v) is 10.7. The molecule has 0 radical (unpaired) electrons. The van der Waals surface area contributed by atoms with Crippen molar-refractivity contribution >= 4 is 6.08 Å². The number of aryl methyl sites for hydroxylation is 1. The Morgan fingerprint density at radius 3 is 1.71 bits per heavy atom. The van der Waals surface area contributed by atoms with Crippen molar-refractivity contribution in [3.05, 3.63) is 65.2 Å². The lowest BCUT2D eigenvalue weighted by molar-refractivity contribution is 1.42. The lowest BCUT2D eigenvalue weighted by Gasteiger charge is -2.03. The van der Waals surface area contributed by atoms with Crippen LogP contribution in [0.15, 0.2) is 54.1 Å². The van der Waals surface area contributed by atoms with Gasteiger partial charge < -0.3 is 0 Å². The molecule has 0 unspecified atom stereocenters. The van der Waals surface area contributed by atoms with Crippen LogP contribution in [-0.2, 0) is 0 Å². The summed E-state index contributed by atoms with van der Waals surface area (Å²) in [4.78, 5) is 0. The van der Waals surface area contributed by atoms with Crippen LogP contribution in [0.25, 0.3) is 17.2 Å². The van der Waals surface area contributed by atoms with Crippen LogP contribution in [0.4, 0.5) is 0 Å². The minimum atomic E-state index is 1.26. The Hall–Kier alpha value is -1.82. The molecule has 2 aromatic carbocycles. The Kier molecular flexibility index (Phi) is 3.43. The molecular weight excluding hydrogens is 204 g/mol. The van der Waals surface area contributed by atoms with Crippen molar-refractivity contribution in [3.63, 3.8) is 0 Å². The highest BCUT2D eigenvalue weighted by molar-refractivity contribution is 5.66. The van der Waals surface area contributed by atoms with Crippen LogP contribution in [0.3, 0.4) is 0 Å². The highest BCUT2D eigenvalue weighted by Crippen LogP contribution is 2.20. The average molecular weight is 222 g/mol. The van der Waals surface area contributed by atoms with Crippen molar-refractivity contribution in [3.8, 4) is 11.1 Å². The summed E-state index contributed by atoms with van der Waals surface area (Å²) in [7, 11) is 0. The molecule has 0 nitrogen and oxygen atoms in total. The molecule has 0 saturated heterocycles. The predicted octanol–water partition coefficient (Wildman–Crippen LogP) is 5.09. The Bertz CT molecular complexity index is 509. The molecule has 0 aliphatic heterocycles. The SMILES string of the molecule is CC(C)=Cc1ccc(-c2ccc(C)cc2)cc1. The van der Waals surface area contributed by atoms with Gasteiger partial charge in [-0.05, 0) is 37.5 Å². The lowest BCUT2D eigenvalue weighted by Crippen LogP contribution is -1.79. The van der Waals surface area contributed by atoms with Gasteiger partial charge >= 0.3 is 0 Å². The molecule has 0 aliphatic carbocycles. The first-order valence-corrected chi connectivity index (χ1v) is 5.97. The molecule has 2 rings (SSSR count). The number of rotatable bonds is 2. The van der Waals surface area contributed by atoms with Gasteiger partial charge in [0.2, 0.25) is 0 Å². The van der Waals surface area contributed by atoms with Gasteiger partial charge in [-0.25, -0.2) is 0 Å². The summed E-state index contributed by atoms with van der Waals surface area (Å²) in [6.07, 6.45) is 2.19. The fourth-order valence-electron chi connectivity index (χ4n) is 1.85. The maximum Gasteiger partial charge on any atom is -0.0184 e. The minimum Gasteiger partial charge on any atom is -0.0758 e. The van der Waals surface area contributed by atoms with E-state index in [0.29, 0.717) is 0 Å². The second-order valence-electron chi connectivity index (χ2n) is 4.71. The number of benzene rings is 2. The van der Waals surface area contributed by atoms with Gasteiger partial charge in [-0.1, -0.05) is 65.7 Å². The second-order valence-corrected chi connectivity index (χ2v) is 4.71. The van der Waals surface area contributed by atoms with Crippen LogP contribution in [0, 0.1) is 6.92 Å². The quantitative estimate of drug-likeness (QED) is 0.664. The van der Waals surface area contributed by atoms with Crippen molar-refractivity contribution in [2.75, 3.05) is 0 Å². The Labute approximate surface area is 104 Å². The third kappa shape index (κ3) is 3.07. The van der Waals surface area contributed by atoms with Gasteiger partial charge in [0.15, 0.2) is 0 Å². The summed E-state index contributed by atoms with van der Waals surface area (Å²) in [5, 5.41) is 0. The lowest BCUT2D eigenvalue weighted by atomic mass is 10.0. The molecule has 0 aliphatic rings. The summed E-state index contributed by atoms with van der Waals surface area (Å²) < 4.78 is 0. The molecular formula is C17H18. The van der Waals surface area contributed by atoms with E-state index in [1.807, 2.05) is 0 Å². The van der Waals surface area contributed by atoms with Crippen LogP contribution < -0.4 is 0 Å². The third-order valence-corrected chi connectivity index (χ3v) is 2.75. The van der Waals surface area contributed by atoms with Gasteiger partial charge in [-0.3, -0.25) is 0 Å².